The van der Waals surface area contributed by atoms with Crippen LogP contribution in [0.4, 0.5) is 5.69 Å². The highest BCUT2D eigenvalue weighted by atomic mass is 35.5. The minimum atomic E-state index is -1.14. The van der Waals surface area contributed by atoms with Gasteiger partial charge < -0.3 is 15.7 Å². The van der Waals surface area contributed by atoms with Crippen LogP contribution in [0.25, 0.3) is 0 Å². The van der Waals surface area contributed by atoms with E-state index in [0.717, 1.165) is 5.56 Å². The number of aromatic carboxylic acids is 1. The zero-order valence-electron chi connectivity index (χ0n) is 11.9. The highest BCUT2D eigenvalue weighted by molar-refractivity contribution is 7.80. The molecule has 0 aromatic heterocycles. The number of hydrogen-bond donors (Lipinski definition) is 3. The number of rotatable bonds is 4. The van der Waals surface area contributed by atoms with Crippen molar-refractivity contribution in [1.29, 1.82) is 0 Å². The third-order valence-electron chi connectivity index (χ3n) is 2.92. The minimum Gasteiger partial charge on any atom is -0.478 e. The summed E-state index contributed by atoms with van der Waals surface area (Å²) < 4.78 is 0. The summed E-state index contributed by atoms with van der Waals surface area (Å²) in [5, 5.41) is 14.7. The van der Waals surface area contributed by atoms with Gasteiger partial charge in [-0.05, 0) is 36.0 Å². The molecule has 7 heteroatoms. The third kappa shape index (κ3) is 5.05. The van der Waals surface area contributed by atoms with E-state index in [2.05, 4.69) is 10.6 Å². The summed E-state index contributed by atoms with van der Waals surface area (Å²) in [4.78, 5) is 23.1. The summed E-state index contributed by atoms with van der Waals surface area (Å²) in [7, 11) is 0. The van der Waals surface area contributed by atoms with E-state index < -0.39 is 5.97 Å². The van der Waals surface area contributed by atoms with Gasteiger partial charge in [0.05, 0.1) is 17.7 Å². The smallest absolute Gasteiger partial charge is 0.337 e. The number of thiocarbonyl (C=S) groups is 1. The molecule has 0 bridgehead atoms. The summed E-state index contributed by atoms with van der Waals surface area (Å²) >= 11 is 10.8. The Hall–Kier alpha value is -2.44. The first-order valence-corrected chi connectivity index (χ1v) is 7.42. The molecule has 0 saturated heterocycles. The molecule has 0 heterocycles. The van der Waals surface area contributed by atoms with Crippen LogP contribution in [-0.2, 0) is 11.2 Å². The summed E-state index contributed by atoms with van der Waals surface area (Å²) in [5.41, 5.74) is 1.08. The highest BCUT2D eigenvalue weighted by Crippen LogP contribution is 2.20. The second kappa shape index (κ2) is 7.71. The van der Waals surface area contributed by atoms with Gasteiger partial charge in [-0.2, -0.15) is 0 Å². The maximum absolute atomic E-state index is 11.9. The molecule has 5 nitrogen and oxygen atoms in total. The van der Waals surface area contributed by atoms with E-state index in [4.69, 9.17) is 28.9 Å². The van der Waals surface area contributed by atoms with Crippen molar-refractivity contribution in [2.75, 3.05) is 5.32 Å². The van der Waals surface area contributed by atoms with Gasteiger partial charge in [0.15, 0.2) is 5.11 Å². The molecule has 0 atom stereocenters. The van der Waals surface area contributed by atoms with Crippen molar-refractivity contribution in [3.8, 4) is 0 Å². The number of nitrogens with one attached hydrogen (secondary N) is 2. The maximum Gasteiger partial charge on any atom is 0.337 e. The van der Waals surface area contributed by atoms with E-state index in [9.17, 15) is 9.59 Å². The molecule has 3 N–H and O–H groups in total. The van der Waals surface area contributed by atoms with Gasteiger partial charge in [0.2, 0.25) is 5.91 Å². The van der Waals surface area contributed by atoms with Gasteiger partial charge in [-0.3, -0.25) is 4.79 Å². The molecule has 0 saturated carbocycles. The van der Waals surface area contributed by atoms with Crippen LogP contribution in [0.15, 0.2) is 48.5 Å². The topological polar surface area (TPSA) is 78.4 Å². The van der Waals surface area contributed by atoms with Crippen LogP contribution in [-0.4, -0.2) is 22.1 Å². The number of carbonyl (C=O) groups excluding carboxylic acids is 1. The molecule has 0 aliphatic rings. The zero-order valence-corrected chi connectivity index (χ0v) is 13.4. The SMILES string of the molecule is O=C(Cc1ccccc1)NC(=S)Nc1ccc(Cl)cc1C(=O)O. The summed E-state index contributed by atoms with van der Waals surface area (Å²) in [6, 6.07) is 13.5. The highest BCUT2D eigenvalue weighted by Gasteiger charge is 2.13. The molecule has 0 radical (unpaired) electrons. The van der Waals surface area contributed by atoms with Crippen LogP contribution in [0.1, 0.15) is 15.9 Å². The van der Waals surface area contributed by atoms with Gasteiger partial charge in [0, 0.05) is 5.02 Å². The molecular weight excluding hydrogens is 336 g/mol. The number of hydrogen-bond acceptors (Lipinski definition) is 3. The maximum atomic E-state index is 11.9. The predicted molar refractivity (Wildman–Crippen MR) is 92.9 cm³/mol. The predicted octanol–water partition coefficient (Wildman–Crippen LogP) is 3.09. The van der Waals surface area contributed by atoms with E-state index in [1.807, 2.05) is 30.3 Å². The summed E-state index contributed by atoms with van der Waals surface area (Å²) in [5.74, 6) is -1.44. The first-order valence-electron chi connectivity index (χ1n) is 6.63. The molecule has 0 fully saturated rings. The number of carboxylic acid groups (broad SMARTS) is 1. The Morgan fingerprint density at radius 2 is 1.83 bits per heavy atom. The first-order chi connectivity index (χ1) is 11.0. The van der Waals surface area contributed by atoms with Crippen molar-refractivity contribution in [2.45, 2.75) is 6.42 Å². The number of carbonyl (C=O) groups is 2. The van der Waals surface area contributed by atoms with Gasteiger partial charge in [-0.25, -0.2) is 4.79 Å². The van der Waals surface area contributed by atoms with E-state index in [0.29, 0.717) is 5.02 Å². The van der Waals surface area contributed by atoms with Gasteiger partial charge in [-0.1, -0.05) is 41.9 Å². The Morgan fingerprint density at radius 3 is 2.48 bits per heavy atom. The summed E-state index contributed by atoms with van der Waals surface area (Å²) in [6.07, 6.45) is 0.176. The fourth-order valence-electron chi connectivity index (χ4n) is 1.91. The molecule has 0 aliphatic carbocycles. The number of amides is 1. The molecule has 2 aromatic rings. The van der Waals surface area contributed by atoms with E-state index in [-0.39, 0.29) is 28.7 Å². The molecular formula is C16H13ClN2O3S. The second-order valence-electron chi connectivity index (χ2n) is 4.66. The van der Waals surface area contributed by atoms with E-state index in [1.165, 1.54) is 18.2 Å². The van der Waals surface area contributed by atoms with Gasteiger partial charge in [-0.15, -0.1) is 0 Å². The van der Waals surface area contributed by atoms with Crippen LogP contribution in [0, 0.1) is 0 Å². The average molecular weight is 349 g/mol. The van der Waals surface area contributed by atoms with Crippen molar-refractivity contribution in [3.05, 3.63) is 64.7 Å². The van der Waals surface area contributed by atoms with Gasteiger partial charge in [0.1, 0.15) is 0 Å². The Morgan fingerprint density at radius 1 is 1.13 bits per heavy atom. The Labute approximate surface area is 143 Å². The number of halogens is 1. The largest absolute Gasteiger partial charge is 0.478 e. The molecule has 2 rings (SSSR count). The first kappa shape index (κ1) is 16.9. The van der Waals surface area contributed by atoms with Gasteiger partial charge >= 0.3 is 5.97 Å². The standard InChI is InChI=1S/C16H13ClN2O3S/c17-11-6-7-13(12(9-11)15(21)22)18-16(23)19-14(20)8-10-4-2-1-3-5-10/h1-7,9H,8H2,(H,21,22)(H2,18,19,20,23). The van der Waals surface area contributed by atoms with Crippen molar-refractivity contribution in [1.82, 2.24) is 5.32 Å². The van der Waals surface area contributed by atoms with Crippen molar-refractivity contribution in [2.24, 2.45) is 0 Å². The van der Waals surface area contributed by atoms with Crippen LogP contribution in [0.2, 0.25) is 5.02 Å². The molecule has 23 heavy (non-hydrogen) atoms. The Balaban J connectivity index is 2.00. The number of benzene rings is 2. The zero-order chi connectivity index (χ0) is 16.8. The number of anilines is 1. The molecule has 0 unspecified atom stereocenters. The quantitative estimate of drug-likeness (QED) is 0.740. The van der Waals surface area contributed by atoms with Crippen LogP contribution < -0.4 is 10.6 Å². The lowest BCUT2D eigenvalue weighted by atomic mass is 10.1. The van der Waals surface area contributed by atoms with Crippen molar-refractivity contribution in [3.63, 3.8) is 0 Å². The van der Waals surface area contributed by atoms with Crippen LogP contribution in [0.3, 0.4) is 0 Å². The molecule has 118 valence electrons. The lowest BCUT2D eigenvalue weighted by molar-refractivity contribution is -0.119. The Kier molecular flexibility index (Phi) is 5.67. The third-order valence-corrected chi connectivity index (χ3v) is 3.36. The van der Waals surface area contributed by atoms with Crippen molar-refractivity contribution < 1.29 is 14.7 Å². The minimum absolute atomic E-state index is 0.0238. The summed E-state index contributed by atoms with van der Waals surface area (Å²) in [6.45, 7) is 0. The molecule has 1 amide bonds. The normalized spacial score (nSPS) is 9.96. The van der Waals surface area contributed by atoms with E-state index in [1.54, 1.807) is 0 Å². The van der Waals surface area contributed by atoms with E-state index >= 15 is 0 Å². The number of carboxylic acids is 1. The molecule has 2 aromatic carbocycles. The lowest BCUT2D eigenvalue weighted by Crippen LogP contribution is -2.35. The fraction of sp³-hybridized carbons (Fsp3) is 0.0625. The van der Waals surface area contributed by atoms with Gasteiger partial charge in [0.25, 0.3) is 0 Å². The molecule has 0 spiro atoms. The molecule has 0 aliphatic heterocycles. The Bertz CT molecular complexity index is 750. The second-order valence-corrected chi connectivity index (χ2v) is 5.50. The monoisotopic (exact) mass is 348 g/mol. The lowest BCUT2D eigenvalue weighted by Gasteiger charge is -2.12. The van der Waals surface area contributed by atoms with Crippen molar-refractivity contribution >= 4 is 46.5 Å². The van der Waals surface area contributed by atoms with Crippen LogP contribution in [0.5, 0.6) is 0 Å². The average Bonchev–Trinajstić information content (AvgIpc) is 2.49. The van der Waals surface area contributed by atoms with Crippen LogP contribution >= 0.6 is 23.8 Å². The fourth-order valence-corrected chi connectivity index (χ4v) is 2.30.